The minimum Gasteiger partial charge on any atom is -0.326 e. The number of pyridine rings is 1. The van der Waals surface area contributed by atoms with Gasteiger partial charge in [0.2, 0.25) is 0 Å². The molecule has 0 spiro atoms. The van der Waals surface area contributed by atoms with Crippen molar-refractivity contribution >= 4 is 59.0 Å². The van der Waals surface area contributed by atoms with Gasteiger partial charge in [-0.25, -0.2) is 13.4 Å². The number of nitrogens with one attached hydrogen (secondary N) is 1. The number of nitrogens with zero attached hydrogens (tertiary/aromatic N) is 1. The molecule has 2 aromatic rings. The molecular formula is C11H11Br2N3O2S2. The van der Waals surface area contributed by atoms with Gasteiger partial charge in [-0.3, -0.25) is 4.72 Å². The zero-order chi connectivity index (χ0) is 14.9. The number of aromatic nitrogens is 1. The second kappa shape index (κ2) is 6.10. The van der Waals surface area contributed by atoms with E-state index in [1.165, 1.54) is 11.3 Å². The van der Waals surface area contributed by atoms with Crippen LogP contribution in [0.2, 0.25) is 0 Å². The number of rotatable bonds is 4. The maximum atomic E-state index is 12.4. The van der Waals surface area contributed by atoms with Gasteiger partial charge < -0.3 is 5.73 Å². The number of aryl methyl sites for hydroxylation is 1. The molecular weight excluding hydrogens is 430 g/mol. The molecule has 0 saturated carbocycles. The van der Waals surface area contributed by atoms with Crippen molar-refractivity contribution in [3.8, 4) is 0 Å². The fourth-order valence-corrected chi connectivity index (χ4v) is 5.60. The van der Waals surface area contributed by atoms with Gasteiger partial charge in [0.05, 0.1) is 3.79 Å². The molecule has 108 valence electrons. The number of halogens is 2. The lowest BCUT2D eigenvalue weighted by Gasteiger charge is -2.09. The summed E-state index contributed by atoms with van der Waals surface area (Å²) < 4.78 is 28.5. The molecule has 20 heavy (non-hydrogen) atoms. The van der Waals surface area contributed by atoms with Crippen LogP contribution in [0.25, 0.3) is 0 Å². The summed E-state index contributed by atoms with van der Waals surface area (Å²) in [5, 5.41) is 0. The molecule has 3 N–H and O–H groups in total. The van der Waals surface area contributed by atoms with Crippen LogP contribution in [0.15, 0.2) is 31.5 Å². The first-order valence-electron chi connectivity index (χ1n) is 5.46. The SMILES string of the molecule is Cc1cc(Br)cnc1NS(=O)(=O)c1cc(CN)sc1Br. The highest BCUT2D eigenvalue weighted by Gasteiger charge is 2.22. The van der Waals surface area contributed by atoms with E-state index < -0.39 is 10.0 Å². The van der Waals surface area contributed by atoms with Gasteiger partial charge in [0.15, 0.2) is 0 Å². The Morgan fingerprint density at radius 1 is 1.40 bits per heavy atom. The highest BCUT2D eigenvalue weighted by Crippen LogP contribution is 2.32. The molecule has 0 aliphatic rings. The van der Waals surface area contributed by atoms with Crippen molar-refractivity contribution in [2.75, 3.05) is 4.72 Å². The zero-order valence-electron chi connectivity index (χ0n) is 10.4. The molecule has 0 bridgehead atoms. The van der Waals surface area contributed by atoms with Crippen LogP contribution >= 0.6 is 43.2 Å². The first-order valence-corrected chi connectivity index (χ1v) is 9.35. The van der Waals surface area contributed by atoms with Crippen LogP contribution in [0.4, 0.5) is 5.82 Å². The third-order valence-electron chi connectivity index (χ3n) is 2.47. The lowest BCUT2D eigenvalue weighted by molar-refractivity contribution is 0.601. The van der Waals surface area contributed by atoms with Gasteiger partial charge in [0, 0.05) is 22.1 Å². The molecule has 0 saturated heterocycles. The molecule has 2 rings (SSSR count). The summed E-state index contributed by atoms with van der Waals surface area (Å²) in [5.41, 5.74) is 6.26. The summed E-state index contributed by atoms with van der Waals surface area (Å²) in [7, 11) is -3.69. The summed E-state index contributed by atoms with van der Waals surface area (Å²) in [6.07, 6.45) is 1.54. The molecule has 0 atom stereocenters. The summed E-state index contributed by atoms with van der Waals surface area (Å²) in [5.74, 6) is 0.306. The Hall–Kier alpha value is -0.480. The number of hydrogen-bond donors (Lipinski definition) is 2. The van der Waals surface area contributed by atoms with Crippen molar-refractivity contribution in [1.29, 1.82) is 0 Å². The zero-order valence-corrected chi connectivity index (χ0v) is 15.2. The molecule has 9 heteroatoms. The predicted octanol–water partition coefficient (Wildman–Crippen LogP) is 3.24. The maximum absolute atomic E-state index is 12.4. The standard InChI is InChI=1S/C11H11Br2N3O2S2/c1-6-2-7(12)5-15-11(6)16-20(17,18)9-3-8(4-14)19-10(9)13/h2-3,5H,4,14H2,1H3,(H,15,16). The van der Waals surface area contributed by atoms with E-state index in [4.69, 9.17) is 5.73 Å². The second-order valence-electron chi connectivity index (χ2n) is 3.98. The second-order valence-corrected chi connectivity index (χ2v) is 9.00. The van der Waals surface area contributed by atoms with Crippen LogP contribution in [0.5, 0.6) is 0 Å². The van der Waals surface area contributed by atoms with E-state index in [0.717, 1.165) is 14.9 Å². The lowest BCUT2D eigenvalue weighted by Crippen LogP contribution is -2.14. The molecule has 0 aromatic carbocycles. The molecule has 0 radical (unpaired) electrons. The first kappa shape index (κ1) is 15.9. The molecule has 0 fully saturated rings. The molecule has 0 unspecified atom stereocenters. The average Bonchev–Trinajstić information content (AvgIpc) is 2.75. The van der Waals surface area contributed by atoms with Gasteiger partial charge in [-0.1, -0.05) is 0 Å². The van der Waals surface area contributed by atoms with E-state index in [-0.39, 0.29) is 4.90 Å². The maximum Gasteiger partial charge on any atom is 0.265 e. The number of nitrogens with two attached hydrogens (primary N) is 1. The van der Waals surface area contributed by atoms with E-state index >= 15 is 0 Å². The Labute approximate surface area is 137 Å². The molecule has 0 aliphatic heterocycles. The minimum atomic E-state index is -3.69. The smallest absolute Gasteiger partial charge is 0.265 e. The summed E-state index contributed by atoms with van der Waals surface area (Å²) in [6.45, 7) is 2.08. The normalized spacial score (nSPS) is 11.6. The van der Waals surface area contributed by atoms with Crippen molar-refractivity contribution in [3.63, 3.8) is 0 Å². The van der Waals surface area contributed by atoms with Gasteiger partial charge in [0.1, 0.15) is 10.7 Å². The summed E-state index contributed by atoms with van der Waals surface area (Å²) in [6, 6.07) is 3.35. The number of hydrogen-bond acceptors (Lipinski definition) is 5. The molecule has 2 heterocycles. The Bertz CT molecular complexity index is 744. The van der Waals surface area contributed by atoms with Crippen LogP contribution in [-0.4, -0.2) is 13.4 Å². The van der Waals surface area contributed by atoms with E-state index in [1.807, 2.05) is 0 Å². The average molecular weight is 441 g/mol. The van der Waals surface area contributed by atoms with Crippen molar-refractivity contribution in [2.24, 2.45) is 5.73 Å². The molecule has 0 amide bonds. The topological polar surface area (TPSA) is 85.1 Å². The van der Waals surface area contributed by atoms with Crippen LogP contribution in [0.1, 0.15) is 10.4 Å². The van der Waals surface area contributed by atoms with E-state index in [2.05, 4.69) is 41.6 Å². The van der Waals surface area contributed by atoms with Crippen molar-refractivity contribution < 1.29 is 8.42 Å². The van der Waals surface area contributed by atoms with Crippen molar-refractivity contribution in [1.82, 2.24) is 4.98 Å². The van der Waals surface area contributed by atoms with Crippen LogP contribution < -0.4 is 10.5 Å². The third-order valence-corrected chi connectivity index (χ3v) is 6.52. The van der Waals surface area contributed by atoms with Crippen LogP contribution in [-0.2, 0) is 16.6 Å². The number of anilines is 1. The fraction of sp³-hybridized carbons (Fsp3) is 0.182. The molecule has 5 nitrogen and oxygen atoms in total. The van der Waals surface area contributed by atoms with E-state index in [9.17, 15) is 8.42 Å². The summed E-state index contributed by atoms with van der Waals surface area (Å²) >= 11 is 7.84. The number of sulfonamides is 1. The van der Waals surface area contributed by atoms with Gasteiger partial charge in [0.25, 0.3) is 10.0 Å². The third kappa shape index (κ3) is 3.40. The Kier molecular flexibility index (Phi) is 4.85. The van der Waals surface area contributed by atoms with Gasteiger partial charge in [-0.2, -0.15) is 0 Å². The molecule has 0 aliphatic carbocycles. The highest BCUT2D eigenvalue weighted by molar-refractivity contribution is 9.11. The largest absolute Gasteiger partial charge is 0.326 e. The van der Waals surface area contributed by atoms with Crippen molar-refractivity contribution in [2.45, 2.75) is 18.4 Å². The quantitative estimate of drug-likeness (QED) is 0.764. The van der Waals surface area contributed by atoms with Gasteiger partial charge in [-0.05, 0) is 56.5 Å². The Balaban J connectivity index is 2.38. The summed E-state index contributed by atoms with van der Waals surface area (Å²) in [4.78, 5) is 5.03. The van der Waals surface area contributed by atoms with Gasteiger partial charge in [-0.15, -0.1) is 11.3 Å². The van der Waals surface area contributed by atoms with E-state index in [1.54, 1.807) is 25.3 Å². The fourth-order valence-electron chi connectivity index (χ4n) is 1.51. The Morgan fingerprint density at radius 2 is 2.10 bits per heavy atom. The van der Waals surface area contributed by atoms with Crippen LogP contribution in [0.3, 0.4) is 0 Å². The Morgan fingerprint density at radius 3 is 2.65 bits per heavy atom. The monoisotopic (exact) mass is 439 g/mol. The van der Waals surface area contributed by atoms with Gasteiger partial charge >= 0.3 is 0 Å². The number of thiophene rings is 1. The molecule has 2 aromatic heterocycles. The predicted molar refractivity (Wildman–Crippen MR) is 87.4 cm³/mol. The lowest BCUT2D eigenvalue weighted by atomic mass is 10.3. The van der Waals surface area contributed by atoms with Crippen molar-refractivity contribution in [3.05, 3.63) is 37.0 Å². The van der Waals surface area contributed by atoms with E-state index in [0.29, 0.717) is 16.1 Å². The highest BCUT2D eigenvalue weighted by atomic mass is 79.9. The van der Waals surface area contributed by atoms with Crippen LogP contribution in [0, 0.1) is 6.92 Å². The first-order chi connectivity index (χ1) is 9.33. The minimum absolute atomic E-state index is 0.173.